The second kappa shape index (κ2) is 5.75. The van der Waals surface area contributed by atoms with Crippen molar-refractivity contribution in [2.24, 2.45) is 7.05 Å². The standard InChI is InChI=1S/C14H18BrN3O/c1-9-5-6-12(19-4)10(7-9)13(16-2)14-11(15)8-17-18(14)3/h5-8,13,16H,1-4H3. The van der Waals surface area contributed by atoms with Gasteiger partial charge in [-0.1, -0.05) is 17.7 Å². The van der Waals surface area contributed by atoms with E-state index in [9.17, 15) is 0 Å². The van der Waals surface area contributed by atoms with Crippen LogP contribution in [0.2, 0.25) is 0 Å². The zero-order valence-electron chi connectivity index (χ0n) is 11.6. The first kappa shape index (κ1) is 14.1. The Labute approximate surface area is 121 Å². The molecule has 5 heteroatoms. The van der Waals surface area contributed by atoms with Gasteiger partial charge in [0.1, 0.15) is 5.75 Å². The number of aromatic nitrogens is 2. The molecule has 0 amide bonds. The molecule has 2 rings (SSSR count). The maximum Gasteiger partial charge on any atom is 0.124 e. The quantitative estimate of drug-likeness (QED) is 0.940. The third kappa shape index (κ3) is 2.67. The fourth-order valence-electron chi connectivity index (χ4n) is 2.26. The van der Waals surface area contributed by atoms with Gasteiger partial charge in [-0.3, -0.25) is 4.68 Å². The molecule has 0 aliphatic heterocycles. The molecule has 1 aromatic carbocycles. The first-order chi connectivity index (χ1) is 9.08. The highest BCUT2D eigenvalue weighted by Gasteiger charge is 2.22. The number of methoxy groups -OCH3 is 1. The van der Waals surface area contributed by atoms with Crippen LogP contribution >= 0.6 is 15.9 Å². The molecular weight excluding hydrogens is 306 g/mol. The van der Waals surface area contributed by atoms with Crippen molar-refractivity contribution >= 4 is 15.9 Å². The molecule has 19 heavy (non-hydrogen) atoms. The number of rotatable bonds is 4. The van der Waals surface area contributed by atoms with E-state index in [0.717, 1.165) is 21.5 Å². The molecule has 1 aromatic heterocycles. The minimum Gasteiger partial charge on any atom is -0.496 e. The molecule has 0 fully saturated rings. The van der Waals surface area contributed by atoms with Gasteiger partial charge in [0, 0.05) is 12.6 Å². The molecule has 0 radical (unpaired) electrons. The van der Waals surface area contributed by atoms with E-state index in [1.165, 1.54) is 5.56 Å². The average molecular weight is 324 g/mol. The van der Waals surface area contributed by atoms with Gasteiger partial charge in [0.05, 0.1) is 29.5 Å². The van der Waals surface area contributed by atoms with Crippen molar-refractivity contribution in [2.75, 3.05) is 14.2 Å². The van der Waals surface area contributed by atoms with Crippen molar-refractivity contribution in [2.45, 2.75) is 13.0 Å². The molecule has 0 aliphatic carbocycles. The molecule has 1 atom stereocenters. The Bertz CT molecular complexity index is 561. The van der Waals surface area contributed by atoms with Gasteiger partial charge in [0.15, 0.2) is 0 Å². The normalized spacial score (nSPS) is 12.5. The number of hydrogen-bond donors (Lipinski definition) is 1. The lowest BCUT2D eigenvalue weighted by Crippen LogP contribution is -2.21. The second-order valence-electron chi connectivity index (χ2n) is 4.47. The predicted octanol–water partition coefficient (Wildman–Crippen LogP) is 2.81. The zero-order valence-corrected chi connectivity index (χ0v) is 13.2. The fourth-order valence-corrected chi connectivity index (χ4v) is 2.84. The van der Waals surface area contributed by atoms with E-state index in [4.69, 9.17) is 4.74 Å². The predicted molar refractivity (Wildman–Crippen MR) is 79.5 cm³/mol. The molecule has 0 saturated heterocycles. The van der Waals surface area contributed by atoms with Gasteiger partial charge in [-0.15, -0.1) is 0 Å². The van der Waals surface area contributed by atoms with E-state index in [2.05, 4.69) is 39.3 Å². The summed E-state index contributed by atoms with van der Waals surface area (Å²) >= 11 is 3.56. The van der Waals surface area contributed by atoms with Crippen molar-refractivity contribution < 1.29 is 4.74 Å². The summed E-state index contributed by atoms with van der Waals surface area (Å²) in [5.41, 5.74) is 3.38. The number of aryl methyl sites for hydroxylation is 2. The maximum absolute atomic E-state index is 5.48. The van der Waals surface area contributed by atoms with Crippen LogP contribution in [0.5, 0.6) is 5.75 Å². The molecule has 0 saturated carbocycles. The Kier molecular flexibility index (Phi) is 4.27. The first-order valence-corrected chi connectivity index (χ1v) is 6.87. The first-order valence-electron chi connectivity index (χ1n) is 6.07. The molecule has 2 aromatic rings. The third-order valence-corrected chi connectivity index (χ3v) is 3.81. The van der Waals surface area contributed by atoms with Crippen LogP contribution in [0.4, 0.5) is 0 Å². The summed E-state index contributed by atoms with van der Waals surface area (Å²) in [6.45, 7) is 2.08. The smallest absolute Gasteiger partial charge is 0.124 e. The molecule has 1 heterocycles. The Morgan fingerprint density at radius 3 is 2.68 bits per heavy atom. The van der Waals surface area contributed by atoms with Crippen molar-refractivity contribution in [3.63, 3.8) is 0 Å². The molecule has 0 aliphatic rings. The fraction of sp³-hybridized carbons (Fsp3) is 0.357. The molecule has 0 bridgehead atoms. The number of ether oxygens (including phenoxy) is 1. The topological polar surface area (TPSA) is 39.1 Å². The highest BCUT2D eigenvalue weighted by atomic mass is 79.9. The Morgan fingerprint density at radius 1 is 1.42 bits per heavy atom. The maximum atomic E-state index is 5.48. The Balaban J connectivity index is 2.57. The van der Waals surface area contributed by atoms with Crippen LogP contribution in [0, 0.1) is 6.92 Å². The van der Waals surface area contributed by atoms with Crippen LogP contribution in [0.15, 0.2) is 28.9 Å². The number of benzene rings is 1. The number of hydrogen-bond acceptors (Lipinski definition) is 3. The lowest BCUT2D eigenvalue weighted by Gasteiger charge is -2.21. The van der Waals surface area contributed by atoms with E-state index >= 15 is 0 Å². The summed E-state index contributed by atoms with van der Waals surface area (Å²) in [5, 5.41) is 7.61. The minimum atomic E-state index is 0.0247. The molecule has 102 valence electrons. The van der Waals surface area contributed by atoms with Crippen LogP contribution in [-0.4, -0.2) is 23.9 Å². The summed E-state index contributed by atoms with van der Waals surface area (Å²) in [7, 11) is 5.57. The van der Waals surface area contributed by atoms with Crippen LogP contribution in [0.25, 0.3) is 0 Å². The van der Waals surface area contributed by atoms with Gasteiger partial charge in [-0.05, 0) is 36.0 Å². The van der Waals surface area contributed by atoms with Crippen LogP contribution in [-0.2, 0) is 7.05 Å². The zero-order chi connectivity index (χ0) is 14.0. The SMILES string of the molecule is CNC(c1cc(C)ccc1OC)c1c(Br)cnn1C. The minimum absolute atomic E-state index is 0.0247. The van der Waals surface area contributed by atoms with Gasteiger partial charge < -0.3 is 10.1 Å². The van der Waals surface area contributed by atoms with Gasteiger partial charge in [-0.25, -0.2) is 0 Å². The molecule has 1 unspecified atom stereocenters. The summed E-state index contributed by atoms with van der Waals surface area (Å²) in [5.74, 6) is 0.873. The van der Waals surface area contributed by atoms with Crippen molar-refractivity contribution in [1.29, 1.82) is 0 Å². The highest BCUT2D eigenvalue weighted by Crippen LogP contribution is 2.33. The van der Waals surface area contributed by atoms with Crippen molar-refractivity contribution in [3.05, 3.63) is 45.7 Å². The highest BCUT2D eigenvalue weighted by molar-refractivity contribution is 9.10. The lowest BCUT2D eigenvalue weighted by molar-refractivity contribution is 0.404. The van der Waals surface area contributed by atoms with E-state index in [1.807, 2.05) is 37.1 Å². The monoisotopic (exact) mass is 323 g/mol. The Hall–Kier alpha value is -1.33. The van der Waals surface area contributed by atoms with Crippen LogP contribution in [0.1, 0.15) is 22.9 Å². The lowest BCUT2D eigenvalue weighted by atomic mass is 10.0. The van der Waals surface area contributed by atoms with E-state index in [-0.39, 0.29) is 6.04 Å². The largest absolute Gasteiger partial charge is 0.496 e. The summed E-state index contributed by atoms with van der Waals surface area (Å²) in [6, 6.07) is 6.21. The Morgan fingerprint density at radius 2 is 2.16 bits per heavy atom. The molecule has 1 N–H and O–H groups in total. The van der Waals surface area contributed by atoms with Gasteiger partial charge in [0.2, 0.25) is 0 Å². The average Bonchev–Trinajstić information content (AvgIpc) is 2.72. The van der Waals surface area contributed by atoms with Crippen LogP contribution < -0.4 is 10.1 Å². The molecule has 4 nitrogen and oxygen atoms in total. The van der Waals surface area contributed by atoms with E-state index in [1.54, 1.807) is 7.11 Å². The second-order valence-corrected chi connectivity index (χ2v) is 5.32. The van der Waals surface area contributed by atoms with E-state index in [0.29, 0.717) is 0 Å². The summed E-state index contributed by atoms with van der Waals surface area (Å²) in [4.78, 5) is 0. The van der Waals surface area contributed by atoms with Gasteiger partial charge >= 0.3 is 0 Å². The number of nitrogens with one attached hydrogen (secondary N) is 1. The van der Waals surface area contributed by atoms with Gasteiger partial charge in [-0.2, -0.15) is 5.10 Å². The van der Waals surface area contributed by atoms with Crippen LogP contribution in [0.3, 0.4) is 0 Å². The van der Waals surface area contributed by atoms with Crippen molar-refractivity contribution in [1.82, 2.24) is 15.1 Å². The summed E-state index contributed by atoms with van der Waals surface area (Å²) < 4.78 is 8.33. The number of nitrogens with zero attached hydrogens (tertiary/aromatic N) is 2. The third-order valence-electron chi connectivity index (χ3n) is 3.20. The van der Waals surface area contributed by atoms with Gasteiger partial charge in [0.25, 0.3) is 0 Å². The molecule has 0 spiro atoms. The molecular formula is C14H18BrN3O. The summed E-state index contributed by atoms with van der Waals surface area (Å²) in [6.07, 6.45) is 1.81. The number of halogens is 1. The van der Waals surface area contributed by atoms with Crippen molar-refractivity contribution in [3.8, 4) is 5.75 Å². The van der Waals surface area contributed by atoms with E-state index < -0.39 is 0 Å².